The van der Waals surface area contributed by atoms with Gasteiger partial charge in [0.25, 0.3) is 0 Å². The number of sulfone groups is 1. The van der Waals surface area contributed by atoms with E-state index in [0.717, 1.165) is 18.4 Å². The van der Waals surface area contributed by atoms with Crippen molar-refractivity contribution in [1.82, 2.24) is 4.98 Å². The molecule has 0 radical (unpaired) electrons. The second-order valence-electron chi connectivity index (χ2n) is 13.7. The number of aliphatic carboxylic acids is 1. The van der Waals surface area contributed by atoms with E-state index < -0.39 is 27.5 Å². The van der Waals surface area contributed by atoms with Gasteiger partial charge in [-0.25, -0.2) is 17.6 Å². The van der Waals surface area contributed by atoms with Crippen LogP contribution in [-0.4, -0.2) is 56.0 Å². The molecule has 1 aliphatic rings. The Labute approximate surface area is 266 Å². The van der Waals surface area contributed by atoms with Crippen molar-refractivity contribution < 1.29 is 32.2 Å². The van der Waals surface area contributed by atoms with Gasteiger partial charge < -0.3 is 19.5 Å². The highest BCUT2D eigenvalue weighted by atomic mass is 32.2. The first kappa shape index (κ1) is 34.4. The molecular weight excluding hydrogens is 595 g/mol. The minimum atomic E-state index is -3.49. The fourth-order valence-corrected chi connectivity index (χ4v) is 6.34. The normalized spacial score (nSPS) is 16.0. The number of halogens is 1. The number of carboxylic acids is 1. The molecule has 1 fully saturated rings. The number of ether oxygens (including phenoxy) is 2. The molecular formula is C35H45FN2O6S. The van der Waals surface area contributed by atoms with Crippen LogP contribution >= 0.6 is 0 Å². The Balaban J connectivity index is 1.83. The lowest BCUT2D eigenvalue weighted by Gasteiger charge is -2.41. The van der Waals surface area contributed by atoms with Crippen LogP contribution in [0.1, 0.15) is 76.1 Å². The van der Waals surface area contributed by atoms with Gasteiger partial charge in [0, 0.05) is 42.6 Å². The molecule has 2 heterocycles. The molecule has 1 saturated heterocycles. The number of nitrogens with zero attached hydrogens (tertiary/aromatic N) is 2. The van der Waals surface area contributed by atoms with E-state index >= 15 is 0 Å². The van der Waals surface area contributed by atoms with E-state index in [1.54, 1.807) is 19.1 Å². The zero-order valence-electron chi connectivity index (χ0n) is 27.3. The number of anilines is 1. The molecule has 0 spiro atoms. The first-order chi connectivity index (χ1) is 20.9. The monoisotopic (exact) mass is 640 g/mol. The van der Waals surface area contributed by atoms with Gasteiger partial charge in [-0.3, -0.25) is 4.98 Å². The van der Waals surface area contributed by atoms with Gasteiger partial charge in [0.15, 0.2) is 15.9 Å². The lowest BCUT2D eigenvalue weighted by atomic mass is 9.82. The van der Waals surface area contributed by atoms with Crippen LogP contribution in [0.15, 0.2) is 48.5 Å². The fraction of sp³-hybridized carbons (Fsp3) is 0.486. The number of carbonyl (C=O) groups is 1. The average molecular weight is 641 g/mol. The number of hydrogen-bond acceptors (Lipinski definition) is 7. The number of aromatic nitrogens is 1. The van der Waals surface area contributed by atoms with Gasteiger partial charge in [-0.05, 0) is 81.3 Å². The van der Waals surface area contributed by atoms with Crippen LogP contribution in [0, 0.1) is 18.2 Å². The largest absolute Gasteiger partial charge is 0.493 e. The van der Waals surface area contributed by atoms with Gasteiger partial charge in [0.1, 0.15) is 11.6 Å². The summed E-state index contributed by atoms with van der Waals surface area (Å²) in [7, 11) is -3.49. The van der Waals surface area contributed by atoms with Gasteiger partial charge in [0.2, 0.25) is 0 Å². The summed E-state index contributed by atoms with van der Waals surface area (Å²) in [6.07, 6.45) is 2.22. The van der Waals surface area contributed by atoms with Gasteiger partial charge in [-0.15, -0.1) is 0 Å². The summed E-state index contributed by atoms with van der Waals surface area (Å²) >= 11 is 0. The predicted octanol–water partition coefficient (Wildman–Crippen LogP) is 6.93. The van der Waals surface area contributed by atoms with Crippen LogP contribution in [0.4, 0.5) is 10.1 Å². The number of hydrogen-bond donors (Lipinski definition) is 1. The number of aryl methyl sites for hydroxylation is 1. The van der Waals surface area contributed by atoms with Crippen molar-refractivity contribution >= 4 is 21.5 Å². The number of pyridine rings is 1. The first-order valence-corrected chi connectivity index (χ1v) is 17.3. The molecule has 0 unspecified atom stereocenters. The zero-order chi connectivity index (χ0) is 33.2. The molecule has 0 saturated carbocycles. The second kappa shape index (κ2) is 13.5. The molecule has 1 N–H and O–H groups in total. The van der Waals surface area contributed by atoms with E-state index in [-0.39, 0.29) is 17.0 Å². The SMILES string of the molecule is Cc1nc(CS(C)(=O)=O)c(-c2ccc(OCCc3ccc(F)cc3)cc2)c(N2CCC(C)(C)CC2)c1[C@H](OC(C)(C)C)C(=O)O. The Morgan fingerprint density at radius 2 is 1.67 bits per heavy atom. The summed E-state index contributed by atoms with van der Waals surface area (Å²) in [5, 5.41) is 10.5. The third-order valence-electron chi connectivity index (χ3n) is 7.98. The van der Waals surface area contributed by atoms with E-state index in [4.69, 9.17) is 14.5 Å². The number of rotatable bonds is 11. The van der Waals surface area contributed by atoms with Gasteiger partial charge in [-0.1, -0.05) is 38.1 Å². The molecule has 2 aromatic carbocycles. The van der Waals surface area contributed by atoms with Crippen molar-refractivity contribution in [3.8, 4) is 16.9 Å². The van der Waals surface area contributed by atoms with E-state index in [0.29, 0.717) is 65.6 Å². The molecule has 1 atom stereocenters. The molecule has 8 nitrogen and oxygen atoms in total. The van der Waals surface area contributed by atoms with Crippen molar-refractivity contribution in [2.75, 3.05) is 30.9 Å². The van der Waals surface area contributed by atoms with Crippen molar-refractivity contribution in [2.45, 2.75) is 78.3 Å². The second-order valence-corrected chi connectivity index (χ2v) is 15.8. The predicted molar refractivity (Wildman–Crippen MR) is 175 cm³/mol. The summed E-state index contributed by atoms with van der Waals surface area (Å²) in [5.74, 6) is -1.11. The van der Waals surface area contributed by atoms with Gasteiger partial charge >= 0.3 is 5.97 Å². The molecule has 0 amide bonds. The molecule has 45 heavy (non-hydrogen) atoms. The summed E-state index contributed by atoms with van der Waals surface area (Å²) in [6, 6.07) is 13.6. The van der Waals surface area contributed by atoms with Crippen LogP contribution in [0.2, 0.25) is 0 Å². The average Bonchev–Trinajstić information content (AvgIpc) is 2.92. The van der Waals surface area contributed by atoms with E-state index in [9.17, 15) is 22.7 Å². The Morgan fingerprint density at radius 3 is 2.20 bits per heavy atom. The van der Waals surface area contributed by atoms with Crippen LogP contribution in [0.5, 0.6) is 5.75 Å². The number of piperidine rings is 1. The van der Waals surface area contributed by atoms with E-state index in [2.05, 4.69) is 18.7 Å². The highest BCUT2D eigenvalue weighted by molar-refractivity contribution is 7.89. The highest BCUT2D eigenvalue weighted by Gasteiger charge is 2.37. The minimum absolute atomic E-state index is 0.121. The smallest absolute Gasteiger partial charge is 0.337 e. The lowest BCUT2D eigenvalue weighted by molar-refractivity contribution is -0.160. The van der Waals surface area contributed by atoms with Gasteiger partial charge in [0.05, 0.1) is 29.3 Å². The van der Waals surface area contributed by atoms with Crippen LogP contribution in [0.25, 0.3) is 11.1 Å². The minimum Gasteiger partial charge on any atom is -0.493 e. The highest BCUT2D eigenvalue weighted by Crippen LogP contribution is 2.45. The summed E-state index contributed by atoms with van der Waals surface area (Å²) in [5.41, 5.74) is 3.47. The Bertz CT molecular complexity index is 1600. The maximum absolute atomic E-state index is 13.2. The molecule has 10 heteroatoms. The van der Waals surface area contributed by atoms with Crippen molar-refractivity contribution in [1.29, 1.82) is 0 Å². The summed E-state index contributed by atoms with van der Waals surface area (Å²) in [6.45, 7) is 13.3. The maximum atomic E-state index is 13.2. The molecule has 1 aromatic heterocycles. The van der Waals surface area contributed by atoms with E-state index in [1.165, 1.54) is 18.4 Å². The molecule has 4 rings (SSSR count). The summed E-state index contributed by atoms with van der Waals surface area (Å²) < 4.78 is 50.7. The topological polar surface area (TPSA) is 106 Å². The molecule has 0 bridgehead atoms. The Morgan fingerprint density at radius 1 is 1.07 bits per heavy atom. The number of benzene rings is 2. The fourth-order valence-electron chi connectivity index (χ4n) is 5.64. The zero-order valence-corrected chi connectivity index (χ0v) is 28.1. The van der Waals surface area contributed by atoms with Crippen LogP contribution < -0.4 is 9.64 Å². The molecule has 1 aliphatic heterocycles. The van der Waals surface area contributed by atoms with E-state index in [1.807, 2.05) is 45.0 Å². The van der Waals surface area contributed by atoms with Crippen LogP contribution in [-0.2, 0) is 31.5 Å². The molecule has 244 valence electrons. The summed E-state index contributed by atoms with van der Waals surface area (Å²) in [4.78, 5) is 19.7. The van der Waals surface area contributed by atoms with Crippen molar-refractivity contribution in [3.05, 3.63) is 76.9 Å². The van der Waals surface area contributed by atoms with Gasteiger partial charge in [-0.2, -0.15) is 0 Å². The number of carboxylic acid groups (broad SMARTS) is 1. The standard InChI is InChI=1S/C35H45FN2O6S/c1-23-29(32(33(39)40)44-34(2,3)4)31(38-19-17-35(5,6)18-20-38)30(28(37-23)22-45(7,41)42)25-10-14-27(15-11-25)43-21-16-24-8-12-26(36)13-9-24/h8-15,32H,16-22H2,1-7H3,(H,39,40)/t32-/m0/s1. The van der Waals surface area contributed by atoms with Crippen molar-refractivity contribution in [3.63, 3.8) is 0 Å². The van der Waals surface area contributed by atoms with Crippen LogP contribution in [0.3, 0.4) is 0 Å². The Hall–Kier alpha value is -3.50. The van der Waals surface area contributed by atoms with Crippen molar-refractivity contribution in [2.24, 2.45) is 5.41 Å². The first-order valence-electron chi connectivity index (χ1n) is 15.3. The lowest BCUT2D eigenvalue weighted by Crippen LogP contribution is -2.39. The third kappa shape index (κ3) is 9.26. The quantitative estimate of drug-likeness (QED) is 0.241. The Kier molecular flexibility index (Phi) is 10.3. The molecule has 0 aliphatic carbocycles. The molecule has 3 aromatic rings. The third-order valence-corrected chi connectivity index (χ3v) is 8.78. The maximum Gasteiger partial charge on any atom is 0.337 e.